The van der Waals surface area contributed by atoms with Gasteiger partial charge in [0.15, 0.2) is 0 Å². The molecule has 3 fully saturated rings. The van der Waals surface area contributed by atoms with Gasteiger partial charge in [0.1, 0.15) is 42.5 Å². The van der Waals surface area contributed by atoms with Gasteiger partial charge in [0.25, 0.3) is 17.7 Å². The zero-order chi connectivity index (χ0) is 56.0. The van der Waals surface area contributed by atoms with Crippen LogP contribution >= 0.6 is 11.8 Å². The number of aryl methyl sites for hydroxylation is 1. The molecule has 3 N–H and O–H groups in total. The summed E-state index contributed by atoms with van der Waals surface area (Å²) >= 11 is 1.64. The van der Waals surface area contributed by atoms with Gasteiger partial charge in [-0.3, -0.25) is 43.5 Å². The van der Waals surface area contributed by atoms with Gasteiger partial charge < -0.3 is 30.1 Å². The number of amides is 7. The molecule has 22 heteroatoms. The fourth-order valence-corrected chi connectivity index (χ4v) is 11.6. The number of hydrogen-bond donors (Lipinski definition) is 3. The molecule has 0 unspecified atom stereocenters. The molecule has 4 aliphatic rings. The fraction of sp³-hybridized carbons (Fsp3) is 0.518. The summed E-state index contributed by atoms with van der Waals surface area (Å²) < 4.78 is 7.85. The average Bonchev–Trinajstić information content (AvgIpc) is 4.24. The van der Waals surface area contributed by atoms with Crippen LogP contribution in [-0.2, 0) is 70.5 Å². The maximum Gasteiger partial charge on any atom is 0.415 e. The van der Waals surface area contributed by atoms with Crippen LogP contribution in [0.3, 0.4) is 0 Å². The molecule has 4 aromatic rings. The van der Waals surface area contributed by atoms with Crippen LogP contribution in [0, 0.1) is 17.8 Å². The fourth-order valence-electron chi connectivity index (χ4n) is 10.9. The van der Waals surface area contributed by atoms with E-state index in [4.69, 9.17) is 14.6 Å². The monoisotopic (exact) mass is 1090 g/mol. The molecule has 21 nitrogen and oxygen atoms in total. The maximum atomic E-state index is 14.7. The lowest BCUT2D eigenvalue weighted by atomic mass is 9.58. The molecule has 0 bridgehead atoms. The summed E-state index contributed by atoms with van der Waals surface area (Å²) in [6.07, 6.45) is 6.65. The Balaban J connectivity index is 0.904. The van der Waals surface area contributed by atoms with Crippen molar-refractivity contribution in [2.45, 2.75) is 141 Å². The SMILES string of the molecule is CCN(C(=O)OCc1ccc(NC(=O)[C@H](C)NC(=O)[C@@H](NC(=O)CCCC(=O)ON2C(=O)CCC2=O)C(C)C)cc1)c1cc([C@]2(c3nncn3C)C[C@@H](C)C2)cc(N2Cc3c(SC)cc(CN4CCC[C@H](C)C4)cc3C2=O)n1. The quantitative estimate of drug-likeness (QED) is 0.0590. The van der Waals surface area contributed by atoms with Crippen LogP contribution in [0.4, 0.5) is 22.1 Å². The molecule has 78 heavy (non-hydrogen) atoms. The van der Waals surface area contributed by atoms with Crippen molar-refractivity contribution in [1.82, 2.24) is 40.3 Å². The third kappa shape index (κ3) is 12.9. The number of hydroxylamine groups is 2. The topological polar surface area (TPSA) is 248 Å². The highest BCUT2D eigenvalue weighted by molar-refractivity contribution is 7.98. The van der Waals surface area contributed by atoms with Crippen molar-refractivity contribution in [2.75, 3.05) is 41.0 Å². The van der Waals surface area contributed by atoms with Crippen molar-refractivity contribution in [2.24, 2.45) is 24.8 Å². The van der Waals surface area contributed by atoms with Gasteiger partial charge in [-0.25, -0.2) is 14.6 Å². The van der Waals surface area contributed by atoms with Crippen molar-refractivity contribution in [3.05, 3.63) is 88.5 Å². The molecule has 2 saturated heterocycles. The van der Waals surface area contributed by atoms with Gasteiger partial charge in [-0.05, 0) is 135 Å². The highest BCUT2D eigenvalue weighted by atomic mass is 32.2. The molecule has 0 radical (unpaired) electrons. The smallest absolute Gasteiger partial charge is 0.415 e. The number of benzene rings is 2. The minimum absolute atomic E-state index is 0.0345. The number of carbonyl (C=O) groups is 8. The third-order valence-corrected chi connectivity index (χ3v) is 15.8. The number of carbonyl (C=O) groups excluding carboxylic acids is 8. The minimum Gasteiger partial charge on any atom is -0.444 e. The number of thioether (sulfide) groups is 1. The Bertz CT molecular complexity index is 2920. The van der Waals surface area contributed by atoms with Gasteiger partial charge in [-0.1, -0.05) is 39.8 Å². The molecule has 8 rings (SSSR count). The second-order valence-corrected chi connectivity index (χ2v) is 22.4. The second-order valence-electron chi connectivity index (χ2n) is 21.5. The summed E-state index contributed by atoms with van der Waals surface area (Å²) in [7, 11) is 1.92. The predicted octanol–water partition coefficient (Wildman–Crippen LogP) is 6.56. The molecule has 0 spiro atoms. The van der Waals surface area contributed by atoms with E-state index in [1.54, 1.807) is 61.1 Å². The van der Waals surface area contributed by atoms with Crippen LogP contribution in [0.1, 0.15) is 138 Å². The van der Waals surface area contributed by atoms with E-state index in [1.165, 1.54) is 18.2 Å². The summed E-state index contributed by atoms with van der Waals surface area (Å²) in [5.74, 6) is -1.59. The minimum atomic E-state index is -1.00. The van der Waals surface area contributed by atoms with E-state index in [0.717, 1.165) is 66.3 Å². The van der Waals surface area contributed by atoms with Crippen LogP contribution < -0.4 is 25.8 Å². The Kier molecular flexibility index (Phi) is 18.0. The van der Waals surface area contributed by atoms with E-state index < -0.39 is 59.1 Å². The van der Waals surface area contributed by atoms with Crippen LogP contribution in [0.25, 0.3) is 0 Å². The van der Waals surface area contributed by atoms with Gasteiger partial charge >= 0.3 is 12.1 Å². The number of aromatic nitrogens is 4. The van der Waals surface area contributed by atoms with Crippen molar-refractivity contribution in [3.63, 3.8) is 0 Å². The number of nitrogens with one attached hydrogen (secondary N) is 3. The van der Waals surface area contributed by atoms with Crippen molar-refractivity contribution in [1.29, 1.82) is 0 Å². The Labute approximate surface area is 458 Å². The number of anilines is 3. The number of hydrogen-bond acceptors (Lipinski definition) is 15. The summed E-state index contributed by atoms with van der Waals surface area (Å²) in [4.78, 5) is 120. The predicted molar refractivity (Wildman–Crippen MR) is 291 cm³/mol. The van der Waals surface area contributed by atoms with Gasteiger partial charge in [-0.2, -0.15) is 0 Å². The first kappa shape index (κ1) is 57.0. The van der Waals surface area contributed by atoms with Crippen molar-refractivity contribution >= 4 is 76.6 Å². The number of likely N-dealkylation sites (tertiary alicyclic amines) is 1. The Morgan fingerprint density at radius 3 is 2.28 bits per heavy atom. The molecule has 2 aromatic heterocycles. The summed E-state index contributed by atoms with van der Waals surface area (Å²) in [5.41, 5.74) is 4.13. The van der Waals surface area contributed by atoms with Crippen molar-refractivity contribution in [3.8, 4) is 0 Å². The van der Waals surface area contributed by atoms with E-state index in [9.17, 15) is 38.4 Å². The first-order valence-electron chi connectivity index (χ1n) is 26.9. The number of imide groups is 1. The van der Waals surface area contributed by atoms with E-state index in [-0.39, 0.29) is 57.1 Å². The molecule has 3 atom stereocenters. The van der Waals surface area contributed by atoms with Crippen molar-refractivity contribution < 1.29 is 47.9 Å². The van der Waals surface area contributed by atoms with Gasteiger partial charge in [0.05, 0.1) is 12.0 Å². The summed E-state index contributed by atoms with van der Waals surface area (Å²) in [5, 5.41) is 17.4. The second kappa shape index (κ2) is 24.6. The zero-order valence-electron chi connectivity index (χ0n) is 45.8. The lowest BCUT2D eigenvalue weighted by Gasteiger charge is -2.46. The van der Waals surface area contributed by atoms with Crippen LogP contribution in [0.2, 0.25) is 0 Å². The van der Waals surface area contributed by atoms with Crippen LogP contribution in [0.15, 0.2) is 59.8 Å². The van der Waals surface area contributed by atoms with Crippen LogP contribution in [0.5, 0.6) is 0 Å². The van der Waals surface area contributed by atoms with E-state index >= 15 is 0 Å². The molecule has 1 aliphatic carbocycles. The zero-order valence-corrected chi connectivity index (χ0v) is 46.6. The van der Waals surface area contributed by atoms with Gasteiger partial charge in [0, 0.05) is 68.5 Å². The highest BCUT2D eigenvalue weighted by Crippen LogP contribution is 2.52. The number of ether oxygens (including phenoxy) is 1. The first-order valence-corrected chi connectivity index (χ1v) is 28.1. The average molecular weight is 1090 g/mol. The van der Waals surface area contributed by atoms with E-state index in [0.29, 0.717) is 51.9 Å². The largest absolute Gasteiger partial charge is 0.444 e. The Morgan fingerprint density at radius 1 is 0.910 bits per heavy atom. The molecule has 5 heterocycles. The maximum absolute atomic E-state index is 14.7. The Hall–Kier alpha value is -7.20. The lowest BCUT2D eigenvalue weighted by molar-refractivity contribution is -0.197. The standard InChI is InChI=1S/C56H71N11O10S/c1-9-65(55(75)76-31-37-15-17-40(18-16-37)59-51(72)36(6)58-52(73)50(33(2)3)61-46(68)13-10-14-49(71)77-67-47(69)19-20-48(67)70)44-24-39(56(26-35(5)27-56)54-62-57-32-63(54)7)25-45(60-44)66-30-42-41(53(66)74)22-38(23-43(42)78-8)29-64-21-11-12-34(4)28-64/h15-18,22-25,32-36,50H,9-14,19-21,26-31H2,1-8H3,(H,58,73)(H,59,72)(H,61,68)/t34-,35-,36-,50-,56+/m0/s1. The third-order valence-electron chi connectivity index (χ3n) is 15.0. The molecule has 2 aromatic carbocycles. The molecule has 416 valence electrons. The summed E-state index contributed by atoms with van der Waals surface area (Å²) in [6.45, 7) is 14.6. The number of piperidine rings is 1. The molecule has 7 amide bonds. The number of rotatable bonds is 21. The summed E-state index contributed by atoms with van der Waals surface area (Å²) in [6, 6.07) is 12.9. The number of pyridine rings is 1. The lowest BCUT2D eigenvalue weighted by Crippen LogP contribution is -2.53. The number of nitrogens with zero attached hydrogens (tertiary/aromatic N) is 8. The van der Waals surface area contributed by atoms with Gasteiger partial charge in [-0.15, -0.1) is 27.0 Å². The van der Waals surface area contributed by atoms with Gasteiger partial charge in [0.2, 0.25) is 17.7 Å². The molecular formula is C56H71N11O10S. The molecule has 1 saturated carbocycles. The van der Waals surface area contributed by atoms with E-state index in [2.05, 4.69) is 51.0 Å². The number of fused-ring (bicyclic) bond motifs is 1. The molecule has 3 aliphatic heterocycles. The Morgan fingerprint density at radius 2 is 1.64 bits per heavy atom. The van der Waals surface area contributed by atoms with E-state index in [1.807, 2.05) is 43.0 Å². The molecular weight excluding hydrogens is 1020 g/mol. The van der Waals surface area contributed by atoms with Crippen LogP contribution in [-0.4, -0.2) is 115 Å². The normalized spacial score (nSPS) is 20.0. The highest BCUT2D eigenvalue weighted by Gasteiger charge is 2.49. The first-order chi connectivity index (χ1) is 37.3.